The van der Waals surface area contributed by atoms with E-state index in [2.05, 4.69) is 18.8 Å². The van der Waals surface area contributed by atoms with Crippen LogP contribution in [-0.4, -0.2) is 28.9 Å². The zero-order valence-electron chi connectivity index (χ0n) is 11.2. The molecule has 4 heteroatoms. The molecule has 2 rings (SSSR count). The number of hydrogen-bond donors (Lipinski definition) is 1. The van der Waals surface area contributed by atoms with Crippen molar-refractivity contribution in [3.05, 3.63) is 33.7 Å². The summed E-state index contributed by atoms with van der Waals surface area (Å²) in [5, 5.41) is 0. The van der Waals surface area contributed by atoms with Gasteiger partial charge in [0.25, 0.3) is 5.91 Å². The van der Waals surface area contributed by atoms with E-state index in [1.165, 1.54) is 12.3 Å². The van der Waals surface area contributed by atoms with E-state index in [9.17, 15) is 9.59 Å². The number of hydrogen-bond acceptors (Lipinski definition) is 2. The van der Waals surface area contributed by atoms with E-state index in [4.69, 9.17) is 0 Å². The lowest BCUT2D eigenvalue weighted by molar-refractivity contribution is 0.0581. The van der Waals surface area contributed by atoms with Crippen molar-refractivity contribution in [2.75, 3.05) is 13.1 Å². The molecule has 0 spiro atoms. The van der Waals surface area contributed by atoms with Crippen molar-refractivity contribution in [1.82, 2.24) is 9.88 Å². The van der Waals surface area contributed by atoms with Gasteiger partial charge in [-0.2, -0.15) is 0 Å². The first-order valence-electron chi connectivity index (χ1n) is 6.38. The zero-order chi connectivity index (χ0) is 13.3. The quantitative estimate of drug-likeness (QED) is 0.825. The fourth-order valence-corrected chi connectivity index (χ4v) is 2.51. The number of aromatic nitrogens is 1. The summed E-state index contributed by atoms with van der Waals surface area (Å²) in [6, 6.07) is 1.47. The van der Waals surface area contributed by atoms with E-state index >= 15 is 0 Å². The van der Waals surface area contributed by atoms with Gasteiger partial charge in [0.2, 0.25) is 0 Å². The molecule has 4 nitrogen and oxygen atoms in total. The van der Waals surface area contributed by atoms with E-state index in [0.29, 0.717) is 0 Å². The highest BCUT2D eigenvalue weighted by Crippen LogP contribution is 2.28. The van der Waals surface area contributed by atoms with Crippen LogP contribution in [0.2, 0.25) is 0 Å². The minimum Gasteiger partial charge on any atom is -0.364 e. The Bertz CT molecular complexity index is 517. The maximum absolute atomic E-state index is 12.3. The lowest BCUT2D eigenvalue weighted by atomic mass is 9.84. The van der Waals surface area contributed by atoms with Gasteiger partial charge in [0.05, 0.1) is 0 Å². The summed E-state index contributed by atoms with van der Waals surface area (Å²) in [7, 11) is 0. The molecule has 1 fully saturated rings. The molecule has 1 aromatic heterocycles. The third-order valence-electron chi connectivity index (χ3n) is 3.48. The van der Waals surface area contributed by atoms with Crippen LogP contribution in [0.5, 0.6) is 0 Å². The maximum atomic E-state index is 12.3. The van der Waals surface area contributed by atoms with Gasteiger partial charge in [-0.05, 0) is 25.2 Å². The first-order valence-corrected chi connectivity index (χ1v) is 6.38. The number of carbonyl (C=O) groups excluding carboxylic acids is 1. The second kappa shape index (κ2) is 4.59. The average Bonchev–Trinajstić information content (AvgIpc) is 2.27. The number of likely N-dealkylation sites (tertiary alicyclic amines) is 1. The van der Waals surface area contributed by atoms with Crippen molar-refractivity contribution in [3.8, 4) is 0 Å². The number of H-pyrrole nitrogens is 1. The average molecular weight is 248 g/mol. The van der Waals surface area contributed by atoms with Crippen LogP contribution in [0.15, 0.2) is 17.1 Å². The number of piperidine rings is 1. The van der Waals surface area contributed by atoms with E-state index in [-0.39, 0.29) is 22.3 Å². The third kappa shape index (κ3) is 2.63. The summed E-state index contributed by atoms with van der Waals surface area (Å²) in [5.74, 6) is -0.149. The van der Waals surface area contributed by atoms with Crippen molar-refractivity contribution in [2.45, 2.75) is 33.6 Å². The van der Waals surface area contributed by atoms with Crippen LogP contribution in [-0.2, 0) is 0 Å². The molecule has 0 bridgehead atoms. The Balaban J connectivity index is 2.23. The van der Waals surface area contributed by atoms with Gasteiger partial charge >= 0.3 is 0 Å². The first kappa shape index (κ1) is 12.9. The smallest absolute Gasteiger partial charge is 0.259 e. The fourth-order valence-electron chi connectivity index (χ4n) is 2.51. The van der Waals surface area contributed by atoms with Gasteiger partial charge in [0, 0.05) is 31.0 Å². The Morgan fingerprint density at radius 2 is 2.17 bits per heavy atom. The molecule has 0 saturated carbocycles. The minimum atomic E-state index is -0.195. The summed E-state index contributed by atoms with van der Waals surface area (Å²) in [4.78, 5) is 28.9. The molecule has 1 aromatic rings. The molecular weight excluding hydrogens is 228 g/mol. The number of rotatable bonds is 1. The monoisotopic (exact) mass is 248 g/mol. The second-order valence-electron chi connectivity index (χ2n) is 5.89. The molecule has 1 saturated heterocycles. The zero-order valence-corrected chi connectivity index (χ0v) is 11.2. The standard InChI is InChI=1S/C14H20N2O2/c1-10-7-12(17)11(8-15-10)13(18)16-6-4-5-14(2,3)9-16/h7-8H,4-6,9H2,1-3H3,(H,15,17). The molecule has 1 aliphatic heterocycles. The van der Waals surface area contributed by atoms with Gasteiger partial charge < -0.3 is 9.88 Å². The maximum Gasteiger partial charge on any atom is 0.259 e. The summed E-state index contributed by atoms with van der Waals surface area (Å²) in [5.41, 5.74) is 0.971. The largest absolute Gasteiger partial charge is 0.364 e. The lowest BCUT2D eigenvalue weighted by Crippen LogP contribution is -2.44. The molecule has 1 amide bonds. The van der Waals surface area contributed by atoms with Crippen molar-refractivity contribution in [3.63, 3.8) is 0 Å². The van der Waals surface area contributed by atoms with Gasteiger partial charge in [0.15, 0.2) is 5.43 Å². The second-order valence-corrected chi connectivity index (χ2v) is 5.89. The molecule has 0 atom stereocenters. The Hall–Kier alpha value is -1.58. The highest BCUT2D eigenvalue weighted by molar-refractivity contribution is 5.93. The molecular formula is C14H20N2O2. The summed E-state index contributed by atoms with van der Waals surface area (Å²) >= 11 is 0. The Morgan fingerprint density at radius 3 is 2.78 bits per heavy atom. The highest BCUT2D eigenvalue weighted by atomic mass is 16.2. The van der Waals surface area contributed by atoms with Crippen LogP contribution in [0.3, 0.4) is 0 Å². The number of carbonyl (C=O) groups is 1. The predicted molar refractivity (Wildman–Crippen MR) is 70.7 cm³/mol. The Labute approximate surface area is 107 Å². The molecule has 98 valence electrons. The number of nitrogens with zero attached hydrogens (tertiary/aromatic N) is 1. The molecule has 0 aromatic carbocycles. The van der Waals surface area contributed by atoms with Gasteiger partial charge in [-0.15, -0.1) is 0 Å². The fraction of sp³-hybridized carbons (Fsp3) is 0.571. The number of nitrogens with one attached hydrogen (secondary N) is 1. The van der Waals surface area contributed by atoms with Crippen LogP contribution < -0.4 is 5.43 Å². The minimum absolute atomic E-state index is 0.144. The lowest BCUT2D eigenvalue weighted by Gasteiger charge is -2.37. The molecule has 18 heavy (non-hydrogen) atoms. The van der Waals surface area contributed by atoms with Crippen LogP contribution >= 0.6 is 0 Å². The Morgan fingerprint density at radius 1 is 1.44 bits per heavy atom. The number of pyridine rings is 1. The van der Waals surface area contributed by atoms with E-state index in [0.717, 1.165) is 31.6 Å². The molecule has 2 heterocycles. The number of aryl methyl sites for hydroxylation is 1. The van der Waals surface area contributed by atoms with Crippen molar-refractivity contribution in [1.29, 1.82) is 0 Å². The Kier molecular flexibility index (Phi) is 3.28. The van der Waals surface area contributed by atoms with Crippen molar-refractivity contribution < 1.29 is 4.79 Å². The van der Waals surface area contributed by atoms with E-state index in [1.54, 1.807) is 11.8 Å². The molecule has 1 N–H and O–H groups in total. The third-order valence-corrected chi connectivity index (χ3v) is 3.48. The van der Waals surface area contributed by atoms with Crippen molar-refractivity contribution in [2.24, 2.45) is 5.41 Å². The topological polar surface area (TPSA) is 53.2 Å². The predicted octanol–water partition coefficient (Wildman–Crippen LogP) is 1.95. The molecule has 1 aliphatic rings. The molecule has 0 aliphatic carbocycles. The van der Waals surface area contributed by atoms with Gasteiger partial charge in [-0.1, -0.05) is 13.8 Å². The summed E-state index contributed by atoms with van der Waals surface area (Å²) in [6.45, 7) is 7.59. The van der Waals surface area contributed by atoms with E-state index < -0.39 is 0 Å². The highest BCUT2D eigenvalue weighted by Gasteiger charge is 2.30. The SMILES string of the molecule is Cc1cc(=O)c(C(=O)N2CCCC(C)(C)C2)c[nH]1. The molecule has 0 unspecified atom stereocenters. The summed E-state index contributed by atoms with van der Waals surface area (Å²) in [6.07, 6.45) is 3.66. The van der Waals surface area contributed by atoms with Gasteiger partial charge in [-0.25, -0.2) is 0 Å². The van der Waals surface area contributed by atoms with Gasteiger partial charge in [-0.3, -0.25) is 9.59 Å². The van der Waals surface area contributed by atoms with Crippen LogP contribution in [0.1, 0.15) is 42.7 Å². The van der Waals surface area contributed by atoms with E-state index in [1.807, 2.05) is 0 Å². The number of aromatic amines is 1. The van der Waals surface area contributed by atoms with Crippen LogP contribution in [0.4, 0.5) is 0 Å². The van der Waals surface area contributed by atoms with Crippen LogP contribution in [0.25, 0.3) is 0 Å². The normalized spacial score (nSPS) is 18.7. The summed E-state index contributed by atoms with van der Waals surface area (Å²) < 4.78 is 0. The molecule has 0 radical (unpaired) electrons. The van der Waals surface area contributed by atoms with Crippen molar-refractivity contribution >= 4 is 5.91 Å². The van der Waals surface area contributed by atoms with Crippen LogP contribution in [0, 0.1) is 12.3 Å². The first-order chi connectivity index (χ1) is 8.39. The number of amides is 1. The van der Waals surface area contributed by atoms with Gasteiger partial charge in [0.1, 0.15) is 5.56 Å².